The summed E-state index contributed by atoms with van der Waals surface area (Å²) in [4.78, 5) is 47.3. The Morgan fingerprint density at radius 1 is 0.886 bits per heavy atom. The van der Waals surface area contributed by atoms with E-state index in [-0.39, 0.29) is 22.2 Å². The first kappa shape index (κ1) is 23.4. The van der Waals surface area contributed by atoms with Gasteiger partial charge in [-0.1, -0.05) is 24.3 Å². The number of nitro benzene ring substituents is 2. The Morgan fingerprint density at radius 2 is 1.60 bits per heavy atom. The Balaban J connectivity index is 1.62. The molecule has 3 aromatic carbocycles. The molecule has 12 heteroatoms. The van der Waals surface area contributed by atoms with Crippen LogP contribution in [-0.4, -0.2) is 28.1 Å². The van der Waals surface area contributed by atoms with Crippen molar-refractivity contribution in [1.82, 2.24) is 0 Å². The second-order valence-electron chi connectivity index (χ2n) is 7.03. The van der Waals surface area contributed by atoms with Crippen LogP contribution in [-0.2, 0) is 4.79 Å². The van der Waals surface area contributed by atoms with E-state index < -0.39 is 32.4 Å². The molecule has 1 saturated heterocycles. The van der Waals surface area contributed by atoms with Gasteiger partial charge in [0.15, 0.2) is 11.5 Å². The summed E-state index contributed by atoms with van der Waals surface area (Å²) in [6, 6.07) is 16.1. The van der Waals surface area contributed by atoms with Crippen molar-refractivity contribution >= 4 is 46.0 Å². The third kappa shape index (κ3) is 4.82. The van der Waals surface area contributed by atoms with Crippen molar-refractivity contribution in [3.63, 3.8) is 0 Å². The van der Waals surface area contributed by atoms with E-state index in [0.29, 0.717) is 11.3 Å². The number of hydrogen-bond donors (Lipinski definition) is 0. The van der Waals surface area contributed by atoms with Crippen LogP contribution in [0.15, 0.2) is 71.6 Å². The minimum atomic E-state index is -0.786. The van der Waals surface area contributed by atoms with Gasteiger partial charge in [0.1, 0.15) is 0 Å². The fraction of sp³-hybridized carbons (Fsp3) is 0.0435. The molecular weight excluding hydrogens is 478 g/mol. The van der Waals surface area contributed by atoms with Crippen molar-refractivity contribution < 1.29 is 28.9 Å². The predicted molar refractivity (Wildman–Crippen MR) is 128 cm³/mol. The molecule has 0 unspecified atom stereocenters. The number of imide groups is 1. The summed E-state index contributed by atoms with van der Waals surface area (Å²) in [7, 11) is 1.36. The lowest BCUT2D eigenvalue weighted by Crippen LogP contribution is -2.27. The standard InChI is InChI=1S/C23H15N3O8S/c1-33-20-11-14(12-21-22(27)24(23(28)35-21)15-5-3-2-4-6-15)7-9-19(20)34-18-10-8-16(25(29)30)13-17(18)26(31)32/h2-13H,1H3/b21-12-. The number of amides is 2. The second-order valence-corrected chi connectivity index (χ2v) is 8.02. The van der Waals surface area contributed by atoms with E-state index in [9.17, 15) is 29.8 Å². The number of carbonyl (C=O) groups excluding carboxylic acids is 2. The number of nitro groups is 2. The summed E-state index contributed by atoms with van der Waals surface area (Å²) in [6.07, 6.45) is 1.52. The van der Waals surface area contributed by atoms with Gasteiger partial charge in [-0.3, -0.25) is 29.8 Å². The van der Waals surface area contributed by atoms with E-state index in [1.807, 2.05) is 0 Å². The monoisotopic (exact) mass is 493 g/mol. The molecule has 0 aliphatic carbocycles. The normalized spacial score (nSPS) is 14.3. The van der Waals surface area contributed by atoms with Crippen molar-refractivity contribution in [3.05, 3.63) is 97.4 Å². The van der Waals surface area contributed by atoms with E-state index in [1.54, 1.807) is 36.4 Å². The van der Waals surface area contributed by atoms with Crippen LogP contribution in [0.3, 0.4) is 0 Å². The Labute approximate surface area is 201 Å². The molecular formula is C23H15N3O8S. The maximum absolute atomic E-state index is 12.8. The number of ether oxygens (including phenoxy) is 2. The maximum Gasteiger partial charge on any atom is 0.318 e. The zero-order chi connectivity index (χ0) is 25.1. The second kappa shape index (κ2) is 9.65. The van der Waals surface area contributed by atoms with Crippen molar-refractivity contribution in [1.29, 1.82) is 0 Å². The highest BCUT2D eigenvalue weighted by atomic mass is 32.2. The van der Waals surface area contributed by atoms with Crippen molar-refractivity contribution in [2.75, 3.05) is 12.0 Å². The number of nitrogens with zero attached hydrogens (tertiary/aromatic N) is 3. The number of rotatable bonds is 7. The van der Waals surface area contributed by atoms with Gasteiger partial charge in [-0.15, -0.1) is 0 Å². The molecule has 0 atom stereocenters. The highest BCUT2D eigenvalue weighted by Crippen LogP contribution is 2.40. The lowest BCUT2D eigenvalue weighted by Gasteiger charge is -2.12. The minimum Gasteiger partial charge on any atom is -0.493 e. The summed E-state index contributed by atoms with van der Waals surface area (Å²) in [5.74, 6) is -0.379. The molecule has 11 nitrogen and oxygen atoms in total. The third-order valence-corrected chi connectivity index (χ3v) is 5.73. The van der Waals surface area contributed by atoms with E-state index in [4.69, 9.17) is 9.47 Å². The van der Waals surface area contributed by atoms with Crippen LogP contribution in [0.25, 0.3) is 6.08 Å². The summed E-state index contributed by atoms with van der Waals surface area (Å²) >= 11 is 0.797. The number of anilines is 1. The largest absolute Gasteiger partial charge is 0.493 e. The average Bonchev–Trinajstić information content (AvgIpc) is 3.12. The summed E-state index contributed by atoms with van der Waals surface area (Å²) < 4.78 is 10.9. The fourth-order valence-electron chi connectivity index (χ4n) is 3.24. The lowest BCUT2D eigenvalue weighted by atomic mass is 10.1. The number of carbonyl (C=O) groups is 2. The molecule has 0 N–H and O–H groups in total. The Bertz CT molecular complexity index is 1390. The summed E-state index contributed by atoms with van der Waals surface area (Å²) in [5.41, 5.74) is -0.0499. The molecule has 3 aromatic rings. The third-order valence-electron chi connectivity index (χ3n) is 4.86. The van der Waals surface area contributed by atoms with Gasteiger partial charge in [0.25, 0.3) is 16.8 Å². The zero-order valence-electron chi connectivity index (χ0n) is 17.9. The van der Waals surface area contributed by atoms with Crippen LogP contribution in [0.4, 0.5) is 21.9 Å². The van der Waals surface area contributed by atoms with Gasteiger partial charge in [0.05, 0.1) is 33.6 Å². The minimum absolute atomic E-state index is 0.110. The molecule has 4 rings (SSSR count). The predicted octanol–water partition coefficient (Wildman–Crippen LogP) is 5.54. The first-order valence-corrected chi connectivity index (χ1v) is 10.7. The molecule has 35 heavy (non-hydrogen) atoms. The van der Waals surface area contributed by atoms with Gasteiger partial charge in [0.2, 0.25) is 5.75 Å². The number of para-hydroxylation sites is 1. The molecule has 176 valence electrons. The first-order chi connectivity index (χ1) is 16.8. The van der Waals surface area contributed by atoms with Crippen LogP contribution >= 0.6 is 11.8 Å². The topological polar surface area (TPSA) is 142 Å². The van der Waals surface area contributed by atoms with Crippen LogP contribution in [0, 0.1) is 20.2 Å². The Kier molecular flexibility index (Phi) is 6.46. The summed E-state index contributed by atoms with van der Waals surface area (Å²) in [5, 5.41) is 21.9. The molecule has 0 spiro atoms. The molecule has 1 fully saturated rings. The van der Waals surface area contributed by atoms with E-state index in [1.165, 1.54) is 25.3 Å². The lowest BCUT2D eigenvalue weighted by molar-refractivity contribution is -0.394. The molecule has 1 aliphatic heterocycles. The van der Waals surface area contributed by atoms with Gasteiger partial charge in [-0.2, -0.15) is 0 Å². The van der Waals surface area contributed by atoms with Crippen LogP contribution in [0.5, 0.6) is 17.2 Å². The van der Waals surface area contributed by atoms with Gasteiger partial charge >= 0.3 is 5.69 Å². The van der Waals surface area contributed by atoms with E-state index >= 15 is 0 Å². The van der Waals surface area contributed by atoms with Crippen LogP contribution in [0.1, 0.15) is 5.56 Å². The fourth-order valence-corrected chi connectivity index (χ4v) is 4.09. The smallest absolute Gasteiger partial charge is 0.318 e. The molecule has 1 aliphatic rings. The number of thioether (sulfide) groups is 1. The molecule has 1 heterocycles. The molecule has 0 radical (unpaired) electrons. The molecule has 0 saturated carbocycles. The number of non-ortho nitro benzene ring substituents is 1. The Hall–Kier alpha value is -4.71. The van der Waals surface area contributed by atoms with Crippen molar-refractivity contribution in [3.8, 4) is 17.2 Å². The number of benzene rings is 3. The average molecular weight is 493 g/mol. The van der Waals surface area contributed by atoms with Crippen molar-refractivity contribution in [2.24, 2.45) is 0 Å². The van der Waals surface area contributed by atoms with E-state index in [0.717, 1.165) is 34.9 Å². The molecule has 2 amide bonds. The van der Waals surface area contributed by atoms with Gasteiger partial charge in [-0.05, 0) is 53.7 Å². The first-order valence-electron chi connectivity index (χ1n) is 9.90. The quantitative estimate of drug-likeness (QED) is 0.235. The maximum atomic E-state index is 12.8. The van der Waals surface area contributed by atoms with Gasteiger partial charge < -0.3 is 9.47 Å². The van der Waals surface area contributed by atoms with Crippen molar-refractivity contribution in [2.45, 2.75) is 0 Å². The Morgan fingerprint density at radius 3 is 2.26 bits per heavy atom. The van der Waals surface area contributed by atoms with Gasteiger partial charge in [0, 0.05) is 6.07 Å². The summed E-state index contributed by atoms with van der Waals surface area (Å²) in [6.45, 7) is 0. The highest BCUT2D eigenvalue weighted by molar-refractivity contribution is 8.19. The highest BCUT2D eigenvalue weighted by Gasteiger charge is 2.36. The zero-order valence-corrected chi connectivity index (χ0v) is 18.8. The SMILES string of the molecule is COc1cc(/C=C2\SC(=O)N(c3ccccc3)C2=O)ccc1Oc1ccc([N+](=O)[O-])cc1[N+](=O)[O-]. The molecule has 0 aromatic heterocycles. The number of methoxy groups -OCH3 is 1. The molecule has 0 bridgehead atoms. The number of hydrogen-bond acceptors (Lipinski definition) is 9. The van der Waals surface area contributed by atoms with Crippen LogP contribution in [0.2, 0.25) is 0 Å². The van der Waals surface area contributed by atoms with Gasteiger partial charge in [-0.25, -0.2) is 4.90 Å². The van der Waals surface area contributed by atoms with Crippen LogP contribution < -0.4 is 14.4 Å². The van der Waals surface area contributed by atoms with E-state index in [2.05, 4.69) is 0 Å².